The normalized spacial score (nSPS) is 10.3. The van der Waals surface area contributed by atoms with Gasteiger partial charge in [-0.15, -0.1) is 0 Å². The van der Waals surface area contributed by atoms with Crippen molar-refractivity contribution in [1.29, 1.82) is 0 Å². The monoisotopic (exact) mass is 202 g/mol. The molecule has 0 amide bonds. The molecule has 1 heterocycles. The van der Waals surface area contributed by atoms with E-state index in [-0.39, 0.29) is 5.82 Å². The van der Waals surface area contributed by atoms with Crippen LogP contribution in [0.25, 0.3) is 17.4 Å². The van der Waals surface area contributed by atoms with Crippen LogP contribution in [-0.2, 0) is 0 Å². The highest BCUT2D eigenvalue weighted by molar-refractivity contribution is 5.64. The first kappa shape index (κ1) is 9.71. The van der Waals surface area contributed by atoms with Crippen molar-refractivity contribution >= 4 is 6.08 Å². The van der Waals surface area contributed by atoms with Gasteiger partial charge < -0.3 is 4.42 Å². The van der Waals surface area contributed by atoms with Crippen LogP contribution >= 0.6 is 0 Å². The molecule has 1 aromatic carbocycles. The van der Waals surface area contributed by atoms with Crippen molar-refractivity contribution in [2.24, 2.45) is 0 Å². The van der Waals surface area contributed by atoms with Gasteiger partial charge in [-0.25, -0.2) is 4.39 Å². The van der Waals surface area contributed by atoms with Crippen molar-refractivity contribution in [2.45, 2.75) is 6.92 Å². The zero-order valence-corrected chi connectivity index (χ0v) is 8.46. The fourth-order valence-corrected chi connectivity index (χ4v) is 1.48. The first-order chi connectivity index (χ1) is 7.22. The van der Waals surface area contributed by atoms with Crippen LogP contribution < -0.4 is 0 Å². The minimum absolute atomic E-state index is 0.290. The van der Waals surface area contributed by atoms with Crippen LogP contribution in [0.1, 0.15) is 11.3 Å². The molecule has 0 saturated heterocycles. The summed E-state index contributed by atoms with van der Waals surface area (Å²) in [7, 11) is 0. The van der Waals surface area contributed by atoms with E-state index >= 15 is 0 Å². The molecule has 2 aromatic rings. The number of benzene rings is 1. The topological polar surface area (TPSA) is 13.1 Å². The molecule has 0 atom stereocenters. The summed E-state index contributed by atoms with van der Waals surface area (Å²) in [5, 5.41) is 0. The van der Waals surface area contributed by atoms with E-state index in [2.05, 4.69) is 6.58 Å². The van der Waals surface area contributed by atoms with Crippen LogP contribution in [-0.4, -0.2) is 0 Å². The minimum Gasteiger partial charge on any atom is -0.461 e. The summed E-state index contributed by atoms with van der Waals surface area (Å²) in [5.41, 5.74) is 0.960. The van der Waals surface area contributed by atoms with Crippen molar-refractivity contribution in [3.05, 3.63) is 54.1 Å². The maximum Gasteiger partial charge on any atom is 0.141 e. The first-order valence-corrected chi connectivity index (χ1v) is 4.70. The zero-order chi connectivity index (χ0) is 10.8. The summed E-state index contributed by atoms with van der Waals surface area (Å²) >= 11 is 0. The second kappa shape index (κ2) is 3.73. The molecule has 2 rings (SSSR count). The Bertz CT molecular complexity index is 497. The second-order valence-corrected chi connectivity index (χ2v) is 3.32. The molecule has 0 fully saturated rings. The molecule has 2 heteroatoms. The molecule has 0 bridgehead atoms. The van der Waals surface area contributed by atoms with Gasteiger partial charge in [-0.2, -0.15) is 0 Å². The van der Waals surface area contributed by atoms with Crippen molar-refractivity contribution in [1.82, 2.24) is 0 Å². The third-order valence-electron chi connectivity index (χ3n) is 2.25. The fraction of sp³-hybridized carbons (Fsp3) is 0.0769. The largest absolute Gasteiger partial charge is 0.461 e. The molecule has 0 radical (unpaired) electrons. The number of hydrogen-bond acceptors (Lipinski definition) is 1. The summed E-state index contributed by atoms with van der Waals surface area (Å²) < 4.78 is 19.2. The van der Waals surface area contributed by atoms with E-state index in [4.69, 9.17) is 4.42 Å². The van der Waals surface area contributed by atoms with Crippen molar-refractivity contribution < 1.29 is 8.81 Å². The van der Waals surface area contributed by atoms with Crippen LogP contribution in [0.3, 0.4) is 0 Å². The summed E-state index contributed by atoms with van der Waals surface area (Å²) in [4.78, 5) is 0. The third-order valence-corrected chi connectivity index (χ3v) is 2.25. The van der Waals surface area contributed by atoms with Crippen molar-refractivity contribution in [3.63, 3.8) is 0 Å². The molecule has 1 aromatic heterocycles. The fourth-order valence-electron chi connectivity index (χ4n) is 1.48. The molecule has 0 unspecified atom stereocenters. The SMILES string of the molecule is C=Cc1cccc(-c2ccc(C)o2)c1F. The minimum atomic E-state index is -0.290. The van der Waals surface area contributed by atoms with E-state index in [1.54, 1.807) is 24.3 Å². The third kappa shape index (κ3) is 1.71. The summed E-state index contributed by atoms with van der Waals surface area (Å²) in [6.07, 6.45) is 1.49. The Hall–Kier alpha value is -1.83. The number of furan rings is 1. The molecule has 15 heavy (non-hydrogen) atoms. The van der Waals surface area contributed by atoms with Crippen LogP contribution in [0.15, 0.2) is 41.3 Å². The van der Waals surface area contributed by atoms with E-state index in [0.717, 1.165) is 5.76 Å². The van der Waals surface area contributed by atoms with E-state index in [9.17, 15) is 4.39 Å². The van der Waals surface area contributed by atoms with Gasteiger partial charge >= 0.3 is 0 Å². The highest BCUT2D eigenvalue weighted by Gasteiger charge is 2.10. The van der Waals surface area contributed by atoms with E-state index in [0.29, 0.717) is 16.9 Å². The zero-order valence-electron chi connectivity index (χ0n) is 8.46. The molecule has 0 N–H and O–H groups in total. The van der Waals surface area contributed by atoms with E-state index in [1.807, 2.05) is 13.0 Å². The number of hydrogen-bond donors (Lipinski definition) is 0. The molecule has 0 saturated carbocycles. The Labute approximate surface area is 87.9 Å². The first-order valence-electron chi connectivity index (χ1n) is 4.70. The molecule has 0 aliphatic carbocycles. The van der Waals surface area contributed by atoms with Gasteiger partial charge in [0.1, 0.15) is 17.3 Å². The molecule has 0 aliphatic heterocycles. The molecule has 76 valence electrons. The van der Waals surface area contributed by atoms with Gasteiger partial charge in [0.05, 0.1) is 5.56 Å². The smallest absolute Gasteiger partial charge is 0.141 e. The van der Waals surface area contributed by atoms with Crippen molar-refractivity contribution in [3.8, 4) is 11.3 Å². The summed E-state index contributed by atoms with van der Waals surface area (Å²) in [5.74, 6) is 1.03. The Morgan fingerprint density at radius 1 is 1.27 bits per heavy atom. The van der Waals surface area contributed by atoms with Crippen LogP contribution in [0.4, 0.5) is 4.39 Å². The Kier molecular flexibility index (Phi) is 2.42. The van der Waals surface area contributed by atoms with Crippen LogP contribution in [0, 0.1) is 12.7 Å². The summed E-state index contributed by atoms with van der Waals surface area (Å²) in [6, 6.07) is 8.74. The number of aryl methyl sites for hydroxylation is 1. The van der Waals surface area contributed by atoms with Crippen LogP contribution in [0.2, 0.25) is 0 Å². The van der Waals surface area contributed by atoms with Gasteiger partial charge in [-0.05, 0) is 25.1 Å². The number of halogens is 1. The van der Waals surface area contributed by atoms with Gasteiger partial charge in [-0.3, -0.25) is 0 Å². The highest BCUT2D eigenvalue weighted by Crippen LogP contribution is 2.26. The Morgan fingerprint density at radius 2 is 2.07 bits per heavy atom. The average Bonchev–Trinajstić information content (AvgIpc) is 2.65. The molecular weight excluding hydrogens is 191 g/mol. The predicted octanol–water partition coefficient (Wildman–Crippen LogP) is 4.04. The quantitative estimate of drug-likeness (QED) is 0.716. The van der Waals surface area contributed by atoms with Crippen molar-refractivity contribution in [2.75, 3.05) is 0 Å². The maximum absolute atomic E-state index is 13.8. The average molecular weight is 202 g/mol. The Balaban J connectivity index is 2.58. The lowest BCUT2D eigenvalue weighted by Crippen LogP contribution is -1.86. The second-order valence-electron chi connectivity index (χ2n) is 3.32. The highest BCUT2D eigenvalue weighted by atomic mass is 19.1. The molecule has 0 aliphatic rings. The lowest BCUT2D eigenvalue weighted by molar-refractivity contribution is 0.540. The lowest BCUT2D eigenvalue weighted by Gasteiger charge is -2.02. The maximum atomic E-state index is 13.8. The lowest BCUT2D eigenvalue weighted by atomic mass is 10.1. The molecule has 0 spiro atoms. The van der Waals surface area contributed by atoms with Gasteiger partial charge in [0.2, 0.25) is 0 Å². The van der Waals surface area contributed by atoms with E-state index < -0.39 is 0 Å². The number of rotatable bonds is 2. The summed E-state index contributed by atoms with van der Waals surface area (Å²) in [6.45, 7) is 5.39. The molecular formula is C13H11FO. The molecule has 1 nitrogen and oxygen atoms in total. The Morgan fingerprint density at radius 3 is 2.67 bits per heavy atom. The van der Waals surface area contributed by atoms with Gasteiger partial charge in [0, 0.05) is 5.56 Å². The van der Waals surface area contributed by atoms with Gasteiger partial charge in [0.25, 0.3) is 0 Å². The predicted molar refractivity (Wildman–Crippen MR) is 58.9 cm³/mol. The van der Waals surface area contributed by atoms with E-state index in [1.165, 1.54) is 6.08 Å². The van der Waals surface area contributed by atoms with Crippen LogP contribution in [0.5, 0.6) is 0 Å². The standard InChI is InChI=1S/C13H11FO/c1-3-10-5-4-6-11(13(10)14)12-8-7-9(2)15-12/h3-8H,1H2,2H3. The van der Waals surface area contributed by atoms with Gasteiger partial charge in [-0.1, -0.05) is 24.8 Å². The van der Waals surface area contributed by atoms with Gasteiger partial charge in [0.15, 0.2) is 0 Å².